The molecule has 21 heavy (non-hydrogen) atoms. The van der Waals surface area contributed by atoms with Gasteiger partial charge in [-0.05, 0) is 18.2 Å². The van der Waals surface area contributed by atoms with Crippen LogP contribution >= 0.6 is 11.3 Å². The Kier molecular flexibility index (Phi) is 2.61. The Morgan fingerprint density at radius 3 is 2.81 bits per heavy atom. The third kappa shape index (κ3) is 1.93. The molecule has 0 N–H and O–H groups in total. The number of aromatic nitrogens is 4. The van der Waals surface area contributed by atoms with Crippen LogP contribution in [0.4, 0.5) is 4.39 Å². The molecule has 0 saturated carbocycles. The summed E-state index contributed by atoms with van der Waals surface area (Å²) in [5, 5.41) is 0. The van der Waals surface area contributed by atoms with E-state index in [-0.39, 0.29) is 5.82 Å². The van der Waals surface area contributed by atoms with Gasteiger partial charge in [0.15, 0.2) is 4.96 Å². The number of ether oxygens (including phenoxy) is 1. The molecule has 4 heterocycles. The standard InChI is InChI=1S/C14H9FN4OS/c1-20-12-5-4-11-13(18-12)21-14-17-10(7-19(11)14)9-3-2-8(15)6-16-9/h2-7H,1H3. The minimum atomic E-state index is -0.360. The SMILES string of the molecule is COc1ccc2c(n1)sc1nc(-c3ccc(F)cn3)cn12. The Bertz CT molecular complexity index is 945. The van der Waals surface area contributed by atoms with E-state index in [1.54, 1.807) is 13.2 Å². The van der Waals surface area contributed by atoms with Gasteiger partial charge in [-0.1, -0.05) is 11.3 Å². The van der Waals surface area contributed by atoms with E-state index < -0.39 is 0 Å². The molecule has 0 saturated heterocycles. The lowest BCUT2D eigenvalue weighted by molar-refractivity contribution is 0.400. The lowest BCUT2D eigenvalue weighted by Gasteiger charge is -1.97. The van der Waals surface area contributed by atoms with E-state index >= 15 is 0 Å². The normalized spacial score (nSPS) is 11.3. The van der Waals surface area contributed by atoms with Gasteiger partial charge < -0.3 is 4.74 Å². The van der Waals surface area contributed by atoms with Gasteiger partial charge in [-0.2, -0.15) is 0 Å². The number of fused-ring (bicyclic) bond motifs is 3. The van der Waals surface area contributed by atoms with Crippen molar-refractivity contribution in [3.05, 3.63) is 42.5 Å². The predicted octanol–water partition coefficient (Wildman–Crippen LogP) is 3.15. The van der Waals surface area contributed by atoms with E-state index in [4.69, 9.17) is 4.74 Å². The van der Waals surface area contributed by atoms with Crippen molar-refractivity contribution in [2.75, 3.05) is 7.11 Å². The molecular formula is C14H9FN4OS. The van der Waals surface area contributed by atoms with Gasteiger partial charge in [0.25, 0.3) is 0 Å². The second-order valence-corrected chi connectivity index (χ2v) is 5.38. The molecule has 0 spiro atoms. The molecule has 4 rings (SSSR count). The first-order valence-corrected chi connectivity index (χ1v) is 7.01. The van der Waals surface area contributed by atoms with Gasteiger partial charge >= 0.3 is 0 Å². The summed E-state index contributed by atoms with van der Waals surface area (Å²) in [5.74, 6) is 0.217. The fraction of sp³-hybridized carbons (Fsp3) is 0.0714. The summed E-state index contributed by atoms with van der Waals surface area (Å²) in [7, 11) is 1.59. The van der Waals surface area contributed by atoms with Crippen LogP contribution in [0.25, 0.3) is 26.7 Å². The van der Waals surface area contributed by atoms with E-state index in [0.717, 1.165) is 15.3 Å². The van der Waals surface area contributed by atoms with Crippen molar-refractivity contribution >= 4 is 26.6 Å². The van der Waals surface area contributed by atoms with Gasteiger partial charge in [-0.25, -0.2) is 14.4 Å². The number of imidazole rings is 1. The maximum Gasteiger partial charge on any atom is 0.214 e. The quantitative estimate of drug-likeness (QED) is 0.570. The summed E-state index contributed by atoms with van der Waals surface area (Å²) in [5.41, 5.74) is 2.30. The monoisotopic (exact) mass is 300 g/mol. The Morgan fingerprint density at radius 2 is 2.05 bits per heavy atom. The first-order chi connectivity index (χ1) is 10.2. The van der Waals surface area contributed by atoms with Crippen LogP contribution in [-0.2, 0) is 0 Å². The topological polar surface area (TPSA) is 52.3 Å². The molecule has 4 aromatic heterocycles. The molecule has 4 aromatic rings. The van der Waals surface area contributed by atoms with E-state index in [2.05, 4.69) is 15.0 Å². The molecule has 0 bridgehead atoms. The Morgan fingerprint density at radius 1 is 1.14 bits per heavy atom. The number of pyridine rings is 2. The molecule has 0 radical (unpaired) electrons. The van der Waals surface area contributed by atoms with Gasteiger partial charge in [0.2, 0.25) is 5.88 Å². The first kappa shape index (κ1) is 12.2. The zero-order chi connectivity index (χ0) is 14.4. The number of rotatable bonds is 2. The van der Waals surface area contributed by atoms with Gasteiger partial charge in [-0.15, -0.1) is 0 Å². The summed E-state index contributed by atoms with van der Waals surface area (Å²) in [6.07, 6.45) is 3.07. The van der Waals surface area contributed by atoms with Crippen LogP contribution in [0.2, 0.25) is 0 Å². The molecule has 0 fully saturated rings. The molecular weight excluding hydrogens is 291 g/mol. The highest BCUT2D eigenvalue weighted by Gasteiger charge is 2.12. The van der Waals surface area contributed by atoms with E-state index in [1.807, 2.05) is 22.7 Å². The zero-order valence-electron chi connectivity index (χ0n) is 10.9. The third-order valence-electron chi connectivity index (χ3n) is 3.13. The number of nitrogens with zero attached hydrogens (tertiary/aromatic N) is 4. The number of methoxy groups -OCH3 is 1. The molecule has 0 aromatic carbocycles. The van der Waals surface area contributed by atoms with Gasteiger partial charge in [-0.3, -0.25) is 9.38 Å². The first-order valence-electron chi connectivity index (χ1n) is 6.19. The summed E-state index contributed by atoms with van der Waals surface area (Å²) >= 11 is 1.47. The van der Waals surface area contributed by atoms with Gasteiger partial charge in [0.1, 0.15) is 16.3 Å². The van der Waals surface area contributed by atoms with Crippen molar-refractivity contribution in [3.63, 3.8) is 0 Å². The van der Waals surface area contributed by atoms with Crippen molar-refractivity contribution in [2.24, 2.45) is 0 Å². The number of hydrogen-bond donors (Lipinski definition) is 0. The van der Waals surface area contributed by atoms with Crippen LogP contribution in [0.15, 0.2) is 36.7 Å². The minimum Gasteiger partial charge on any atom is -0.481 e. The van der Waals surface area contributed by atoms with Crippen LogP contribution in [0.3, 0.4) is 0 Å². The van der Waals surface area contributed by atoms with Crippen molar-refractivity contribution < 1.29 is 9.13 Å². The maximum absolute atomic E-state index is 12.9. The molecule has 0 unspecified atom stereocenters. The van der Waals surface area contributed by atoms with Crippen molar-refractivity contribution in [2.45, 2.75) is 0 Å². The molecule has 0 aliphatic heterocycles. The van der Waals surface area contributed by atoms with Crippen LogP contribution in [0.5, 0.6) is 5.88 Å². The van der Waals surface area contributed by atoms with Crippen molar-refractivity contribution in [1.82, 2.24) is 19.4 Å². The molecule has 7 heteroatoms. The maximum atomic E-state index is 12.9. The second kappa shape index (κ2) is 4.49. The van der Waals surface area contributed by atoms with Gasteiger partial charge in [0, 0.05) is 12.3 Å². The molecule has 0 aliphatic carbocycles. The number of halogens is 1. The van der Waals surface area contributed by atoms with Crippen LogP contribution in [0.1, 0.15) is 0 Å². The van der Waals surface area contributed by atoms with Crippen LogP contribution < -0.4 is 4.74 Å². The predicted molar refractivity (Wildman–Crippen MR) is 78.1 cm³/mol. The highest BCUT2D eigenvalue weighted by Crippen LogP contribution is 2.29. The molecule has 5 nitrogen and oxygen atoms in total. The number of thiazole rings is 1. The number of hydrogen-bond acceptors (Lipinski definition) is 5. The van der Waals surface area contributed by atoms with Crippen molar-refractivity contribution in [3.8, 4) is 17.3 Å². The Labute approximate surface area is 122 Å². The largest absolute Gasteiger partial charge is 0.481 e. The summed E-state index contributed by atoms with van der Waals surface area (Å²) in [6, 6.07) is 6.74. The minimum absolute atomic E-state index is 0.360. The fourth-order valence-electron chi connectivity index (χ4n) is 2.13. The van der Waals surface area contributed by atoms with Crippen molar-refractivity contribution in [1.29, 1.82) is 0 Å². The average molecular weight is 300 g/mol. The average Bonchev–Trinajstić information content (AvgIpc) is 3.04. The van der Waals surface area contributed by atoms with Crippen LogP contribution in [-0.4, -0.2) is 26.5 Å². The third-order valence-corrected chi connectivity index (χ3v) is 4.10. The van der Waals surface area contributed by atoms with E-state index in [0.29, 0.717) is 17.3 Å². The molecule has 104 valence electrons. The van der Waals surface area contributed by atoms with E-state index in [1.165, 1.54) is 23.6 Å². The van der Waals surface area contributed by atoms with Gasteiger partial charge in [0.05, 0.1) is 24.5 Å². The lowest BCUT2D eigenvalue weighted by Crippen LogP contribution is -1.87. The second-order valence-electron chi connectivity index (χ2n) is 4.42. The Hall–Kier alpha value is -2.54. The highest BCUT2D eigenvalue weighted by atomic mass is 32.1. The smallest absolute Gasteiger partial charge is 0.214 e. The summed E-state index contributed by atoms with van der Waals surface area (Å²) in [6.45, 7) is 0. The zero-order valence-corrected chi connectivity index (χ0v) is 11.8. The summed E-state index contributed by atoms with van der Waals surface area (Å²) in [4.78, 5) is 14.6. The molecule has 0 amide bonds. The molecule has 0 atom stereocenters. The molecule has 0 aliphatic rings. The lowest BCUT2D eigenvalue weighted by atomic mass is 10.3. The summed E-state index contributed by atoms with van der Waals surface area (Å²) < 4.78 is 20.0. The fourth-order valence-corrected chi connectivity index (χ4v) is 3.11. The highest BCUT2D eigenvalue weighted by molar-refractivity contribution is 7.23. The van der Waals surface area contributed by atoms with E-state index in [9.17, 15) is 4.39 Å². The Balaban J connectivity index is 1.88. The van der Waals surface area contributed by atoms with Crippen LogP contribution in [0, 0.1) is 5.82 Å².